The van der Waals surface area contributed by atoms with Gasteiger partial charge < -0.3 is 20.1 Å². The van der Waals surface area contributed by atoms with Crippen LogP contribution in [-0.2, 0) is 9.53 Å². The van der Waals surface area contributed by atoms with E-state index in [1.807, 2.05) is 0 Å². The predicted molar refractivity (Wildman–Crippen MR) is 114 cm³/mol. The molecule has 0 bridgehead atoms. The summed E-state index contributed by atoms with van der Waals surface area (Å²) in [6.45, 7) is 6.85. The van der Waals surface area contributed by atoms with Crippen LogP contribution >= 0.6 is 0 Å². The number of methoxy groups -OCH3 is 1. The Morgan fingerprint density at radius 2 is 1.80 bits per heavy atom. The quantitative estimate of drug-likeness (QED) is 0.603. The minimum atomic E-state index is -0.369. The topological polar surface area (TPSA) is 87.0 Å². The lowest BCUT2D eigenvalue weighted by atomic mass is 9.43. The van der Waals surface area contributed by atoms with Gasteiger partial charge in [0, 0.05) is 6.42 Å². The number of carbonyl (C=O) groups is 1. The molecule has 5 heteroatoms. The molecule has 11 atom stereocenters. The lowest BCUT2D eigenvalue weighted by Crippen LogP contribution is -2.62. The van der Waals surface area contributed by atoms with Gasteiger partial charge in [0.25, 0.3) is 0 Å². The van der Waals surface area contributed by atoms with E-state index in [0.717, 1.165) is 51.4 Å². The summed E-state index contributed by atoms with van der Waals surface area (Å²) < 4.78 is 4.83. The van der Waals surface area contributed by atoms with Crippen molar-refractivity contribution in [1.82, 2.24) is 0 Å². The first-order chi connectivity index (χ1) is 14.1. The molecule has 4 saturated carbocycles. The SMILES string of the molecule is COC(=O)CC[C@@H](C)[C@H]1CCC2C3C(O)CC4C[C@H](O)CC[C@]4(C)[C@H]3C[C@H](O)[C@@]21C. The van der Waals surface area contributed by atoms with Gasteiger partial charge in [-0.1, -0.05) is 20.8 Å². The Morgan fingerprint density at radius 1 is 1.07 bits per heavy atom. The lowest BCUT2D eigenvalue weighted by molar-refractivity contribution is -0.207. The number of aliphatic hydroxyl groups excluding tert-OH is 3. The number of hydrogen-bond acceptors (Lipinski definition) is 5. The number of aliphatic hydroxyl groups is 3. The maximum Gasteiger partial charge on any atom is 0.305 e. The first-order valence-corrected chi connectivity index (χ1v) is 12.2. The third-order valence-electron chi connectivity index (χ3n) is 10.6. The number of fused-ring (bicyclic) bond motifs is 5. The van der Waals surface area contributed by atoms with Gasteiger partial charge in [-0.15, -0.1) is 0 Å². The third-order valence-corrected chi connectivity index (χ3v) is 10.6. The van der Waals surface area contributed by atoms with Gasteiger partial charge in [-0.3, -0.25) is 4.79 Å². The van der Waals surface area contributed by atoms with Crippen molar-refractivity contribution >= 4 is 5.97 Å². The van der Waals surface area contributed by atoms with E-state index in [0.29, 0.717) is 36.0 Å². The van der Waals surface area contributed by atoms with E-state index in [9.17, 15) is 20.1 Å². The fourth-order valence-corrected chi connectivity index (χ4v) is 8.78. The summed E-state index contributed by atoms with van der Waals surface area (Å²) in [6, 6.07) is 0. The fourth-order valence-electron chi connectivity index (χ4n) is 8.78. The van der Waals surface area contributed by atoms with Crippen molar-refractivity contribution in [2.75, 3.05) is 7.11 Å². The van der Waals surface area contributed by atoms with E-state index in [1.54, 1.807) is 0 Å². The Labute approximate surface area is 181 Å². The molecule has 4 aliphatic carbocycles. The zero-order valence-electron chi connectivity index (χ0n) is 19.2. The molecule has 4 fully saturated rings. The van der Waals surface area contributed by atoms with Crippen LogP contribution in [0.1, 0.15) is 78.6 Å². The summed E-state index contributed by atoms with van der Waals surface area (Å²) in [4.78, 5) is 11.7. The van der Waals surface area contributed by atoms with Gasteiger partial charge in [0.15, 0.2) is 0 Å². The van der Waals surface area contributed by atoms with Crippen LogP contribution in [0.25, 0.3) is 0 Å². The number of esters is 1. The summed E-state index contributed by atoms with van der Waals surface area (Å²) in [5.41, 5.74) is -0.0882. The molecule has 4 unspecified atom stereocenters. The molecule has 172 valence electrons. The van der Waals surface area contributed by atoms with Crippen LogP contribution in [-0.4, -0.2) is 46.7 Å². The van der Waals surface area contributed by atoms with Crippen LogP contribution in [0, 0.1) is 46.3 Å². The smallest absolute Gasteiger partial charge is 0.305 e. The van der Waals surface area contributed by atoms with Gasteiger partial charge in [0.2, 0.25) is 0 Å². The van der Waals surface area contributed by atoms with Crippen LogP contribution in [0.3, 0.4) is 0 Å². The molecule has 0 amide bonds. The molecule has 30 heavy (non-hydrogen) atoms. The van der Waals surface area contributed by atoms with Crippen LogP contribution < -0.4 is 0 Å². The molecule has 5 nitrogen and oxygen atoms in total. The number of ether oxygens (including phenoxy) is 1. The molecule has 0 aromatic rings. The molecule has 0 aromatic heterocycles. The molecule has 0 heterocycles. The normalized spacial score (nSPS) is 51.4. The molecule has 0 saturated heterocycles. The van der Waals surface area contributed by atoms with Crippen molar-refractivity contribution in [2.45, 2.75) is 96.9 Å². The van der Waals surface area contributed by atoms with E-state index in [2.05, 4.69) is 20.8 Å². The van der Waals surface area contributed by atoms with Crippen LogP contribution in [0.4, 0.5) is 0 Å². The third kappa shape index (κ3) is 3.34. The molecule has 0 aromatic carbocycles. The summed E-state index contributed by atoms with van der Waals surface area (Å²) in [5.74, 6) is 1.81. The largest absolute Gasteiger partial charge is 0.469 e. The number of rotatable bonds is 4. The van der Waals surface area contributed by atoms with E-state index in [1.165, 1.54) is 7.11 Å². The van der Waals surface area contributed by atoms with Gasteiger partial charge in [0.1, 0.15) is 0 Å². The highest BCUT2D eigenvalue weighted by atomic mass is 16.5. The Bertz CT molecular complexity index is 651. The second-order valence-electron chi connectivity index (χ2n) is 11.6. The Hall–Kier alpha value is -0.650. The molecular formula is C25H42O5. The van der Waals surface area contributed by atoms with Gasteiger partial charge in [-0.05, 0) is 97.7 Å². The van der Waals surface area contributed by atoms with E-state index in [-0.39, 0.29) is 41.0 Å². The second kappa shape index (κ2) is 8.04. The van der Waals surface area contributed by atoms with Crippen molar-refractivity contribution in [3.63, 3.8) is 0 Å². The zero-order valence-corrected chi connectivity index (χ0v) is 19.2. The molecule has 0 radical (unpaired) electrons. The van der Waals surface area contributed by atoms with Crippen molar-refractivity contribution < 1.29 is 24.9 Å². The highest BCUT2D eigenvalue weighted by Crippen LogP contribution is 2.68. The number of carbonyl (C=O) groups excluding carboxylic acids is 1. The van der Waals surface area contributed by atoms with E-state index >= 15 is 0 Å². The summed E-state index contributed by atoms with van der Waals surface area (Å²) >= 11 is 0. The Balaban J connectivity index is 1.58. The van der Waals surface area contributed by atoms with Gasteiger partial charge in [-0.2, -0.15) is 0 Å². The van der Waals surface area contributed by atoms with Crippen LogP contribution in [0.5, 0.6) is 0 Å². The molecule has 4 rings (SSSR count). The molecular weight excluding hydrogens is 380 g/mol. The molecule has 3 N–H and O–H groups in total. The maximum absolute atomic E-state index is 11.7. The first-order valence-electron chi connectivity index (χ1n) is 12.2. The number of hydrogen-bond donors (Lipinski definition) is 3. The minimum Gasteiger partial charge on any atom is -0.469 e. The van der Waals surface area contributed by atoms with E-state index < -0.39 is 0 Å². The van der Waals surface area contributed by atoms with Gasteiger partial charge in [0.05, 0.1) is 25.4 Å². The van der Waals surface area contributed by atoms with Gasteiger partial charge in [-0.25, -0.2) is 0 Å². The first kappa shape index (κ1) is 22.5. The second-order valence-corrected chi connectivity index (χ2v) is 11.6. The summed E-state index contributed by atoms with van der Waals surface area (Å²) in [5, 5.41) is 33.1. The predicted octanol–water partition coefficient (Wildman–Crippen LogP) is 3.54. The van der Waals surface area contributed by atoms with Crippen molar-refractivity contribution in [3.8, 4) is 0 Å². The summed E-state index contributed by atoms with van der Waals surface area (Å²) in [6.07, 6.45) is 6.60. The highest BCUT2D eigenvalue weighted by molar-refractivity contribution is 5.69. The monoisotopic (exact) mass is 422 g/mol. The highest BCUT2D eigenvalue weighted by Gasteiger charge is 2.65. The fraction of sp³-hybridized carbons (Fsp3) is 0.960. The maximum atomic E-state index is 11.7. The average molecular weight is 423 g/mol. The van der Waals surface area contributed by atoms with Crippen molar-refractivity contribution in [1.29, 1.82) is 0 Å². The van der Waals surface area contributed by atoms with Crippen molar-refractivity contribution in [2.24, 2.45) is 46.3 Å². The zero-order chi connectivity index (χ0) is 21.8. The minimum absolute atomic E-state index is 0.111. The Kier molecular flexibility index (Phi) is 6.04. The van der Waals surface area contributed by atoms with Gasteiger partial charge >= 0.3 is 5.97 Å². The van der Waals surface area contributed by atoms with Crippen molar-refractivity contribution in [3.05, 3.63) is 0 Å². The Morgan fingerprint density at radius 3 is 2.50 bits per heavy atom. The molecule has 0 spiro atoms. The molecule has 4 aliphatic rings. The van der Waals surface area contributed by atoms with Crippen LogP contribution in [0.2, 0.25) is 0 Å². The average Bonchev–Trinajstić information content (AvgIpc) is 3.06. The standard InChI is InChI=1S/C25H42O5/c1-14(5-8-22(29)30-4)17-6-7-18-23-19(13-21(28)25(17,18)3)24(2)10-9-16(26)11-15(24)12-20(23)27/h14-21,23,26-28H,5-13H2,1-4H3/t14-,15?,16-,17-,18?,19+,20?,21+,23?,24+,25-/m1/s1. The lowest BCUT2D eigenvalue weighted by Gasteiger charge is -2.63. The summed E-state index contributed by atoms with van der Waals surface area (Å²) in [7, 11) is 1.44. The van der Waals surface area contributed by atoms with E-state index in [4.69, 9.17) is 4.74 Å². The van der Waals surface area contributed by atoms with Crippen LogP contribution in [0.15, 0.2) is 0 Å². The molecule has 0 aliphatic heterocycles.